The van der Waals surface area contributed by atoms with Gasteiger partial charge in [0, 0.05) is 33.1 Å². The molecule has 2 atom stereocenters. The Morgan fingerprint density at radius 1 is 1.35 bits per heavy atom. The van der Waals surface area contributed by atoms with E-state index in [1.807, 2.05) is 11.9 Å². The Balaban J connectivity index is 2.00. The normalized spacial score (nSPS) is 28.5. The van der Waals surface area contributed by atoms with Gasteiger partial charge in [-0.2, -0.15) is 0 Å². The van der Waals surface area contributed by atoms with Crippen molar-refractivity contribution in [1.29, 1.82) is 0 Å². The summed E-state index contributed by atoms with van der Waals surface area (Å²) in [4.78, 5) is 27.3. The van der Waals surface area contributed by atoms with E-state index >= 15 is 0 Å². The third-order valence-electron chi connectivity index (χ3n) is 3.87. The highest BCUT2D eigenvalue weighted by atomic mass is 16.2. The first-order chi connectivity index (χ1) is 8.11. The lowest BCUT2D eigenvalue weighted by molar-refractivity contribution is -0.143. The van der Waals surface area contributed by atoms with E-state index in [1.54, 1.807) is 11.8 Å². The summed E-state index contributed by atoms with van der Waals surface area (Å²) in [5.41, 5.74) is 0. The summed E-state index contributed by atoms with van der Waals surface area (Å²) in [6, 6.07) is 0.0648. The number of nitrogens with one attached hydrogen (secondary N) is 1. The molecule has 0 spiro atoms. The minimum absolute atomic E-state index is 0.0128. The molecule has 0 unspecified atom stereocenters. The molecule has 0 aromatic carbocycles. The zero-order valence-corrected chi connectivity index (χ0v) is 10.6. The molecule has 2 amide bonds. The van der Waals surface area contributed by atoms with Gasteiger partial charge in [0.25, 0.3) is 0 Å². The van der Waals surface area contributed by atoms with Crippen LogP contribution in [-0.4, -0.2) is 60.4 Å². The third-order valence-corrected chi connectivity index (χ3v) is 3.87. The third kappa shape index (κ3) is 2.44. The summed E-state index contributed by atoms with van der Waals surface area (Å²) in [6.45, 7) is 4.11. The molecule has 5 heteroatoms. The zero-order chi connectivity index (χ0) is 12.4. The van der Waals surface area contributed by atoms with Crippen molar-refractivity contribution in [3.05, 3.63) is 0 Å². The molecule has 0 saturated carbocycles. The fourth-order valence-electron chi connectivity index (χ4n) is 2.79. The fraction of sp³-hybridized carbons (Fsp3) is 0.833. The Labute approximate surface area is 102 Å². The second kappa shape index (κ2) is 5.04. The maximum absolute atomic E-state index is 12.4. The monoisotopic (exact) mass is 239 g/mol. The second-order valence-corrected chi connectivity index (χ2v) is 4.97. The molecule has 5 nitrogen and oxygen atoms in total. The smallest absolute Gasteiger partial charge is 0.245 e. The van der Waals surface area contributed by atoms with Crippen molar-refractivity contribution in [2.24, 2.45) is 0 Å². The van der Waals surface area contributed by atoms with Gasteiger partial charge in [-0.25, -0.2) is 0 Å². The van der Waals surface area contributed by atoms with E-state index in [0.29, 0.717) is 0 Å². The number of likely N-dealkylation sites (N-methyl/N-ethyl adjacent to an activating group) is 1. The lowest BCUT2D eigenvalue weighted by atomic mass is 10.1. The molecule has 2 heterocycles. The Kier molecular flexibility index (Phi) is 3.66. The average Bonchev–Trinajstić information content (AvgIpc) is 2.97. The van der Waals surface area contributed by atoms with Crippen LogP contribution in [-0.2, 0) is 9.59 Å². The van der Waals surface area contributed by atoms with Crippen molar-refractivity contribution in [3.63, 3.8) is 0 Å². The van der Waals surface area contributed by atoms with E-state index in [9.17, 15) is 9.59 Å². The number of hydrogen-bond acceptors (Lipinski definition) is 3. The van der Waals surface area contributed by atoms with Gasteiger partial charge in [0.15, 0.2) is 0 Å². The maximum atomic E-state index is 12.4. The molecule has 1 N–H and O–H groups in total. The quantitative estimate of drug-likeness (QED) is 0.727. The van der Waals surface area contributed by atoms with Crippen molar-refractivity contribution in [3.8, 4) is 0 Å². The standard InChI is InChI=1S/C12H21N3O2/c1-9(16)15-7-3-4-11(15)12(17)14(2)10-5-6-13-8-10/h10-11,13H,3-8H2,1-2H3/t10-,11-/m0/s1. The molecule has 17 heavy (non-hydrogen) atoms. The summed E-state index contributed by atoms with van der Waals surface area (Å²) in [5.74, 6) is 0.116. The van der Waals surface area contributed by atoms with Crippen LogP contribution in [0.2, 0.25) is 0 Å². The van der Waals surface area contributed by atoms with Gasteiger partial charge in [-0.1, -0.05) is 0 Å². The molecule has 2 saturated heterocycles. The molecular weight excluding hydrogens is 218 g/mol. The van der Waals surface area contributed by atoms with Crippen LogP contribution in [0.4, 0.5) is 0 Å². The van der Waals surface area contributed by atoms with Crippen molar-refractivity contribution in [2.75, 3.05) is 26.7 Å². The molecule has 2 aliphatic rings. The summed E-state index contributed by atoms with van der Waals surface area (Å²) in [7, 11) is 1.86. The zero-order valence-electron chi connectivity index (χ0n) is 10.6. The highest BCUT2D eigenvalue weighted by Crippen LogP contribution is 2.20. The van der Waals surface area contributed by atoms with Crippen LogP contribution in [0.5, 0.6) is 0 Å². The van der Waals surface area contributed by atoms with Crippen LogP contribution < -0.4 is 5.32 Å². The molecule has 2 fully saturated rings. The number of rotatable bonds is 2. The van der Waals surface area contributed by atoms with Crippen molar-refractivity contribution >= 4 is 11.8 Å². The van der Waals surface area contributed by atoms with Gasteiger partial charge in [0.05, 0.1) is 0 Å². The van der Waals surface area contributed by atoms with Crippen LogP contribution in [0.25, 0.3) is 0 Å². The molecule has 2 rings (SSSR count). The van der Waals surface area contributed by atoms with E-state index in [-0.39, 0.29) is 23.9 Å². The molecule has 96 valence electrons. The second-order valence-electron chi connectivity index (χ2n) is 4.97. The predicted molar refractivity (Wildman–Crippen MR) is 64.5 cm³/mol. The summed E-state index contributed by atoms with van der Waals surface area (Å²) < 4.78 is 0. The van der Waals surface area contributed by atoms with Gasteiger partial charge >= 0.3 is 0 Å². The number of likely N-dealkylation sites (tertiary alicyclic amines) is 1. The van der Waals surface area contributed by atoms with Crippen LogP contribution >= 0.6 is 0 Å². The number of carbonyl (C=O) groups excluding carboxylic acids is 2. The van der Waals surface area contributed by atoms with Crippen LogP contribution in [0.1, 0.15) is 26.2 Å². The van der Waals surface area contributed by atoms with Gasteiger partial charge in [-0.05, 0) is 25.8 Å². The lowest BCUT2D eigenvalue weighted by Crippen LogP contribution is -2.49. The number of amides is 2. The lowest BCUT2D eigenvalue weighted by Gasteiger charge is -2.30. The number of hydrogen-bond donors (Lipinski definition) is 1. The van der Waals surface area contributed by atoms with Gasteiger partial charge in [-0.15, -0.1) is 0 Å². The predicted octanol–water partition coefficient (Wildman–Crippen LogP) is -0.182. The molecular formula is C12H21N3O2. The van der Waals surface area contributed by atoms with Crippen LogP contribution in [0.3, 0.4) is 0 Å². The summed E-state index contributed by atoms with van der Waals surface area (Å²) in [6.07, 6.45) is 2.75. The maximum Gasteiger partial charge on any atom is 0.245 e. The van der Waals surface area contributed by atoms with E-state index < -0.39 is 0 Å². The number of nitrogens with zero attached hydrogens (tertiary/aromatic N) is 2. The Morgan fingerprint density at radius 2 is 2.12 bits per heavy atom. The highest BCUT2D eigenvalue weighted by Gasteiger charge is 2.36. The SMILES string of the molecule is CC(=O)N1CCC[C@H]1C(=O)N(C)[C@H]1CCNC1. The Bertz CT molecular complexity index is 313. The minimum atomic E-state index is -0.224. The fourth-order valence-corrected chi connectivity index (χ4v) is 2.79. The van der Waals surface area contributed by atoms with E-state index in [1.165, 1.54) is 0 Å². The minimum Gasteiger partial charge on any atom is -0.340 e. The molecule has 0 aromatic heterocycles. The van der Waals surface area contributed by atoms with Gasteiger partial charge in [-0.3, -0.25) is 9.59 Å². The summed E-state index contributed by atoms with van der Waals surface area (Å²) in [5, 5.41) is 3.26. The van der Waals surface area contributed by atoms with Gasteiger partial charge in [0.1, 0.15) is 6.04 Å². The van der Waals surface area contributed by atoms with Crippen molar-refractivity contribution < 1.29 is 9.59 Å². The van der Waals surface area contributed by atoms with Gasteiger partial charge in [0.2, 0.25) is 11.8 Å². The largest absolute Gasteiger partial charge is 0.340 e. The van der Waals surface area contributed by atoms with E-state index in [0.717, 1.165) is 38.9 Å². The Morgan fingerprint density at radius 3 is 2.71 bits per heavy atom. The molecule has 0 radical (unpaired) electrons. The molecule has 0 aliphatic carbocycles. The molecule has 0 bridgehead atoms. The molecule has 0 aromatic rings. The first kappa shape index (κ1) is 12.4. The average molecular weight is 239 g/mol. The van der Waals surface area contributed by atoms with Crippen LogP contribution in [0.15, 0.2) is 0 Å². The molecule has 2 aliphatic heterocycles. The Hall–Kier alpha value is -1.10. The van der Waals surface area contributed by atoms with Crippen molar-refractivity contribution in [2.45, 2.75) is 38.3 Å². The first-order valence-electron chi connectivity index (χ1n) is 6.36. The summed E-state index contributed by atoms with van der Waals surface area (Å²) >= 11 is 0. The van der Waals surface area contributed by atoms with Gasteiger partial charge < -0.3 is 15.1 Å². The van der Waals surface area contributed by atoms with E-state index in [2.05, 4.69) is 5.32 Å². The van der Waals surface area contributed by atoms with E-state index in [4.69, 9.17) is 0 Å². The number of carbonyl (C=O) groups is 2. The van der Waals surface area contributed by atoms with Crippen molar-refractivity contribution in [1.82, 2.24) is 15.1 Å². The topological polar surface area (TPSA) is 52.7 Å². The first-order valence-corrected chi connectivity index (χ1v) is 6.36. The highest BCUT2D eigenvalue weighted by molar-refractivity contribution is 5.87. The van der Waals surface area contributed by atoms with Crippen LogP contribution in [0, 0.1) is 0 Å².